The van der Waals surface area contributed by atoms with Gasteiger partial charge in [-0.25, -0.2) is 32.4 Å². The van der Waals surface area contributed by atoms with Crippen molar-refractivity contribution in [3.05, 3.63) is 65.0 Å². The van der Waals surface area contributed by atoms with Crippen molar-refractivity contribution in [2.75, 3.05) is 38.3 Å². The van der Waals surface area contributed by atoms with Crippen LogP contribution in [-0.4, -0.2) is 91.3 Å². The molecule has 1 atom stereocenters. The highest BCUT2D eigenvalue weighted by atomic mass is 32.2. The van der Waals surface area contributed by atoms with Gasteiger partial charge in [0.2, 0.25) is 16.0 Å². The number of hydrogen-bond acceptors (Lipinski definition) is 12. The van der Waals surface area contributed by atoms with Crippen LogP contribution in [0.15, 0.2) is 53.7 Å². The van der Waals surface area contributed by atoms with E-state index >= 15 is 0 Å². The maximum Gasteiger partial charge on any atom is 0.260 e. The summed E-state index contributed by atoms with van der Waals surface area (Å²) in [4.78, 5) is 32.3. The van der Waals surface area contributed by atoms with E-state index in [1.165, 1.54) is 15.9 Å². The van der Waals surface area contributed by atoms with E-state index in [0.717, 1.165) is 43.6 Å². The number of sulfonamides is 1. The van der Waals surface area contributed by atoms with Crippen molar-refractivity contribution in [3.8, 4) is 28.4 Å². The second kappa shape index (κ2) is 12.9. The van der Waals surface area contributed by atoms with E-state index in [1.807, 2.05) is 24.3 Å². The normalized spacial score (nSPS) is 15.4. The Bertz CT molecular complexity index is 2040. The molecule has 0 aliphatic carbocycles. The van der Waals surface area contributed by atoms with Gasteiger partial charge in [-0.2, -0.15) is 4.98 Å². The van der Waals surface area contributed by atoms with Crippen molar-refractivity contribution in [3.63, 3.8) is 0 Å². The van der Waals surface area contributed by atoms with E-state index < -0.39 is 10.0 Å². The van der Waals surface area contributed by atoms with E-state index in [2.05, 4.69) is 40.9 Å². The molecule has 0 bridgehead atoms. The van der Waals surface area contributed by atoms with Crippen LogP contribution in [0.25, 0.3) is 33.7 Å². The summed E-state index contributed by atoms with van der Waals surface area (Å²) in [5, 5.41) is 15.0. The van der Waals surface area contributed by atoms with E-state index in [9.17, 15) is 13.2 Å². The minimum Gasteiger partial charge on any atom is -0.489 e. The Morgan fingerprint density at radius 2 is 1.91 bits per heavy atom. The van der Waals surface area contributed by atoms with Gasteiger partial charge in [0.1, 0.15) is 23.2 Å². The van der Waals surface area contributed by atoms with Crippen LogP contribution in [0.1, 0.15) is 18.5 Å². The number of rotatable bonds is 10. The molecule has 2 N–H and O–H groups in total. The molecule has 4 aromatic heterocycles. The Morgan fingerprint density at radius 3 is 2.59 bits per heavy atom. The predicted octanol–water partition coefficient (Wildman–Crippen LogP) is 2.12. The average molecular weight is 646 g/mol. The minimum absolute atomic E-state index is 0.0595. The van der Waals surface area contributed by atoms with E-state index in [1.54, 1.807) is 43.3 Å². The monoisotopic (exact) mass is 645 g/mol. The largest absolute Gasteiger partial charge is 0.489 e. The van der Waals surface area contributed by atoms with E-state index in [4.69, 9.17) is 4.74 Å². The second-order valence-corrected chi connectivity index (χ2v) is 13.3. The predicted molar refractivity (Wildman–Crippen MR) is 173 cm³/mol. The molecule has 1 aromatic carbocycles. The first-order valence-electron chi connectivity index (χ1n) is 14.8. The molecule has 46 heavy (non-hydrogen) atoms. The van der Waals surface area contributed by atoms with Crippen molar-refractivity contribution < 1.29 is 13.2 Å². The number of ether oxygens (including phenoxy) is 1. The topological polar surface area (TPSA) is 175 Å². The molecule has 1 saturated heterocycles. The van der Waals surface area contributed by atoms with Crippen LogP contribution in [0.2, 0.25) is 0 Å². The highest BCUT2D eigenvalue weighted by Gasteiger charge is 2.19. The standard InChI is InChI=1S/C30H35N11O4S/c1-19-25(17-32-27(35-19)26-18-34-38-40(26)3)24-14-20-15-33-30(37-28(20)41(29(24)42)13-12-39(2)46(4,43)44)36-21-7-9-22(10-8-21)45-23-6-5-11-31-16-23/h7-10,14-15,17-18,23,31H,5-6,11-13,16H2,1-4H3,(H,33,36,37). The van der Waals surface area contributed by atoms with E-state index in [-0.39, 0.29) is 30.7 Å². The molecule has 1 aliphatic heterocycles. The number of anilines is 2. The summed E-state index contributed by atoms with van der Waals surface area (Å²) < 4.78 is 34.6. The van der Waals surface area contributed by atoms with Crippen molar-refractivity contribution in [2.45, 2.75) is 32.4 Å². The van der Waals surface area contributed by atoms with Crippen LogP contribution >= 0.6 is 0 Å². The molecule has 5 aromatic rings. The van der Waals surface area contributed by atoms with Crippen molar-refractivity contribution in [1.29, 1.82) is 0 Å². The zero-order valence-corrected chi connectivity index (χ0v) is 26.8. The highest BCUT2D eigenvalue weighted by Crippen LogP contribution is 2.26. The maximum absolute atomic E-state index is 14.1. The molecule has 0 spiro atoms. The molecule has 0 saturated carbocycles. The zero-order chi connectivity index (χ0) is 32.4. The first-order chi connectivity index (χ1) is 22.1. The summed E-state index contributed by atoms with van der Waals surface area (Å²) in [6.45, 7) is 3.76. The fourth-order valence-electron chi connectivity index (χ4n) is 5.23. The number of benzene rings is 1. The van der Waals surface area contributed by atoms with Gasteiger partial charge in [0.25, 0.3) is 5.56 Å². The molecule has 1 fully saturated rings. The van der Waals surface area contributed by atoms with Crippen LogP contribution in [0, 0.1) is 6.92 Å². The summed E-state index contributed by atoms with van der Waals surface area (Å²) in [6, 6.07) is 9.25. The van der Waals surface area contributed by atoms with Crippen molar-refractivity contribution in [2.24, 2.45) is 7.05 Å². The molecule has 0 radical (unpaired) electrons. The molecule has 15 nitrogen and oxygen atoms in total. The van der Waals surface area contributed by atoms with Gasteiger partial charge in [-0.3, -0.25) is 9.36 Å². The Balaban J connectivity index is 1.34. The number of aromatic nitrogens is 8. The fraction of sp³-hybridized carbons (Fsp3) is 0.367. The quantitative estimate of drug-likeness (QED) is 0.227. The summed E-state index contributed by atoms with van der Waals surface area (Å²) >= 11 is 0. The Morgan fingerprint density at radius 1 is 1.11 bits per heavy atom. The number of nitrogens with one attached hydrogen (secondary N) is 2. The smallest absolute Gasteiger partial charge is 0.260 e. The molecule has 6 rings (SSSR count). The lowest BCUT2D eigenvalue weighted by atomic mass is 10.1. The Labute approximate surface area is 265 Å². The first kappa shape index (κ1) is 31.2. The number of pyridine rings is 1. The lowest BCUT2D eigenvalue weighted by Crippen LogP contribution is -2.37. The number of fused-ring (bicyclic) bond motifs is 1. The fourth-order valence-corrected chi connectivity index (χ4v) is 5.65. The number of hydrogen-bond donors (Lipinski definition) is 2. The third kappa shape index (κ3) is 6.73. The van der Waals surface area contributed by atoms with Crippen molar-refractivity contribution in [1.82, 2.24) is 49.1 Å². The van der Waals surface area contributed by atoms with Gasteiger partial charge in [-0.1, -0.05) is 5.21 Å². The van der Waals surface area contributed by atoms with Crippen molar-refractivity contribution >= 4 is 32.7 Å². The summed E-state index contributed by atoms with van der Waals surface area (Å²) in [6.07, 6.45) is 8.16. The molecule has 1 unspecified atom stereocenters. The Kier molecular flexibility index (Phi) is 8.75. The van der Waals surface area contributed by atoms with Gasteiger partial charge in [-0.05, 0) is 56.6 Å². The summed E-state index contributed by atoms with van der Waals surface area (Å²) in [5.74, 6) is 1.48. The van der Waals surface area contributed by atoms with E-state index in [0.29, 0.717) is 39.4 Å². The lowest BCUT2D eigenvalue weighted by Gasteiger charge is -2.24. The van der Waals surface area contributed by atoms with Gasteiger partial charge in [0.05, 0.1) is 18.0 Å². The summed E-state index contributed by atoms with van der Waals surface area (Å²) in [5.41, 5.74) is 2.82. The van der Waals surface area contributed by atoms with Crippen LogP contribution in [-0.2, 0) is 23.6 Å². The molecular formula is C30H35N11O4S. The van der Waals surface area contributed by atoms with Gasteiger partial charge in [0, 0.05) is 68.5 Å². The minimum atomic E-state index is -3.47. The highest BCUT2D eigenvalue weighted by molar-refractivity contribution is 7.88. The number of nitrogens with zero attached hydrogens (tertiary/aromatic N) is 9. The van der Waals surface area contributed by atoms with Gasteiger partial charge in [-0.15, -0.1) is 5.10 Å². The molecular weight excluding hydrogens is 610 g/mol. The summed E-state index contributed by atoms with van der Waals surface area (Å²) in [7, 11) is -0.261. The van der Waals surface area contributed by atoms with Crippen LogP contribution in [0.4, 0.5) is 11.6 Å². The Hall–Kier alpha value is -4.80. The molecule has 240 valence electrons. The second-order valence-electron chi connectivity index (χ2n) is 11.2. The maximum atomic E-state index is 14.1. The average Bonchev–Trinajstić information content (AvgIpc) is 3.47. The number of piperidine rings is 1. The first-order valence-corrected chi connectivity index (χ1v) is 16.7. The molecule has 16 heteroatoms. The number of aryl methyl sites for hydroxylation is 2. The molecule has 0 amide bonds. The van der Waals surface area contributed by atoms with Crippen LogP contribution in [0.5, 0.6) is 5.75 Å². The van der Waals surface area contributed by atoms with Gasteiger partial charge >= 0.3 is 0 Å². The molecule has 1 aliphatic rings. The SMILES string of the molecule is Cc1nc(-c2cnnn2C)ncc1-c1cc2cnc(Nc3ccc(OC4CCCNC4)cc3)nc2n(CCN(C)S(C)(=O)=O)c1=O. The van der Waals surface area contributed by atoms with Gasteiger partial charge in [0.15, 0.2) is 5.82 Å². The third-order valence-electron chi connectivity index (χ3n) is 7.91. The number of likely N-dealkylation sites (N-methyl/N-ethyl adjacent to an activating group) is 1. The lowest BCUT2D eigenvalue weighted by molar-refractivity contribution is 0.167. The zero-order valence-electron chi connectivity index (χ0n) is 26.0. The van der Waals surface area contributed by atoms with Crippen LogP contribution in [0.3, 0.4) is 0 Å². The molecule has 5 heterocycles. The third-order valence-corrected chi connectivity index (χ3v) is 9.22. The van der Waals surface area contributed by atoms with Gasteiger partial charge < -0.3 is 15.4 Å². The van der Waals surface area contributed by atoms with Crippen LogP contribution < -0.4 is 20.9 Å².